The summed E-state index contributed by atoms with van der Waals surface area (Å²) >= 11 is 6.37. The average molecular weight is 374 g/mol. The van der Waals surface area contributed by atoms with Gasteiger partial charge in [0.25, 0.3) is 0 Å². The standard InChI is InChI=1S/C19H16ClNO5/c1-2-12-13-6-11(22)3-4-15(13)21(18(12)19(23)24)8-10-5-16-17(7-14(10)20)26-9-25-16/h3-7,22H,2,8-9H2,1H3,(H,23,24). The summed E-state index contributed by atoms with van der Waals surface area (Å²) in [6, 6.07) is 8.31. The first-order valence-electron chi connectivity index (χ1n) is 8.15. The van der Waals surface area contributed by atoms with E-state index >= 15 is 0 Å². The minimum Gasteiger partial charge on any atom is -0.508 e. The number of rotatable bonds is 4. The number of phenolic OH excluding ortho intramolecular Hbond substituents is 1. The topological polar surface area (TPSA) is 80.9 Å². The van der Waals surface area contributed by atoms with Crippen molar-refractivity contribution >= 4 is 28.5 Å². The Morgan fingerprint density at radius 3 is 2.65 bits per heavy atom. The van der Waals surface area contributed by atoms with E-state index in [1.165, 1.54) is 0 Å². The smallest absolute Gasteiger partial charge is 0.352 e. The molecule has 3 aromatic rings. The van der Waals surface area contributed by atoms with E-state index in [0.717, 1.165) is 16.5 Å². The van der Waals surface area contributed by atoms with Crippen LogP contribution in [0.1, 0.15) is 28.5 Å². The number of hydrogen-bond donors (Lipinski definition) is 2. The summed E-state index contributed by atoms with van der Waals surface area (Å²) in [5.74, 6) is 0.247. The fourth-order valence-corrected chi connectivity index (χ4v) is 3.64. The fraction of sp³-hybridized carbons (Fsp3) is 0.211. The van der Waals surface area contributed by atoms with Crippen LogP contribution in [0, 0.1) is 0 Å². The largest absolute Gasteiger partial charge is 0.508 e. The van der Waals surface area contributed by atoms with Crippen LogP contribution in [0.2, 0.25) is 5.02 Å². The Morgan fingerprint density at radius 2 is 1.96 bits per heavy atom. The third kappa shape index (κ3) is 2.54. The highest BCUT2D eigenvalue weighted by Gasteiger charge is 2.23. The second kappa shape index (κ2) is 6.14. The Balaban J connectivity index is 1.91. The van der Waals surface area contributed by atoms with Gasteiger partial charge in [-0.05, 0) is 41.8 Å². The van der Waals surface area contributed by atoms with Gasteiger partial charge in [0, 0.05) is 22.0 Å². The number of aryl methyl sites for hydroxylation is 1. The van der Waals surface area contributed by atoms with Gasteiger partial charge >= 0.3 is 5.97 Å². The van der Waals surface area contributed by atoms with Crippen LogP contribution in [0.15, 0.2) is 30.3 Å². The van der Waals surface area contributed by atoms with Crippen LogP contribution in [0.25, 0.3) is 10.9 Å². The van der Waals surface area contributed by atoms with Crippen molar-refractivity contribution < 1.29 is 24.5 Å². The molecule has 0 bridgehead atoms. The molecule has 0 atom stereocenters. The molecule has 7 heteroatoms. The highest BCUT2D eigenvalue weighted by molar-refractivity contribution is 6.31. The maximum absolute atomic E-state index is 12.0. The molecule has 0 radical (unpaired) electrons. The first kappa shape index (κ1) is 16.6. The molecule has 0 unspecified atom stereocenters. The summed E-state index contributed by atoms with van der Waals surface area (Å²) < 4.78 is 12.4. The number of carboxylic acids is 1. The zero-order valence-electron chi connectivity index (χ0n) is 14.0. The second-order valence-corrected chi connectivity index (χ2v) is 6.48. The van der Waals surface area contributed by atoms with Gasteiger partial charge in [0.1, 0.15) is 11.4 Å². The van der Waals surface area contributed by atoms with E-state index in [9.17, 15) is 15.0 Å². The van der Waals surface area contributed by atoms with Gasteiger partial charge in [0.2, 0.25) is 6.79 Å². The highest BCUT2D eigenvalue weighted by atomic mass is 35.5. The number of hydrogen-bond acceptors (Lipinski definition) is 4. The van der Waals surface area contributed by atoms with Gasteiger partial charge in [0.15, 0.2) is 11.5 Å². The quantitative estimate of drug-likeness (QED) is 0.721. The molecule has 0 saturated heterocycles. The van der Waals surface area contributed by atoms with Crippen molar-refractivity contribution in [1.82, 2.24) is 4.57 Å². The molecule has 1 aliphatic heterocycles. The van der Waals surface area contributed by atoms with Gasteiger partial charge in [-0.3, -0.25) is 0 Å². The molecular weight excluding hydrogens is 358 g/mol. The van der Waals surface area contributed by atoms with E-state index < -0.39 is 5.97 Å². The van der Waals surface area contributed by atoms with Crippen molar-refractivity contribution in [3.63, 3.8) is 0 Å². The lowest BCUT2D eigenvalue weighted by Crippen LogP contribution is -2.11. The maximum atomic E-state index is 12.0. The Morgan fingerprint density at radius 1 is 1.23 bits per heavy atom. The summed E-state index contributed by atoms with van der Waals surface area (Å²) in [7, 11) is 0. The minimum absolute atomic E-state index is 0.0994. The number of carboxylic acid groups (broad SMARTS) is 1. The van der Waals surface area contributed by atoms with Crippen LogP contribution < -0.4 is 9.47 Å². The SMILES string of the molecule is CCc1c(C(=O)O)n(Cc2cc3c(cc2Cl)OCO3)c2ccc(O)cc12. The van der Waals surface area contributed by atoms with E-state index in [1.54, 1.807) is 34.9 Å². The first-order chi connectivity index (χ1) is 12.5. The molecular formula is C19H16ClNO5. The predicted molar refractivity (Wildman–Crippen MR) is 96.6 cm³/mol. The van der Waals surface area contributed by atoms with Crippen LogP contribution in [-0.4, -0.2) is 27.5 Å². The summed E-state index contributed by atoms with van der Waals surface area (Å²) in [6.07, 6.45) is 0.531. The zero-order chi connectivity index (χ0) is 18.4. The second-order valence-electron chi connectivity index (χ2n) is 6.07. The van der Waals surface area contributed by atoms with Crippen molar-refractivity contribution in [2.24, 2.45) is 0 Å². The van der Waals surface area contributed by atoms with E-state index in [0.29, 0.717) is 28.5 Å². The first-order valence-corrected chi connectivity index (χ1v) is 8.52. The van der Waals surface area contributed by atoms with Crippen LogP contribution >= 0.6 is 11.6 Å². The number of phenols is 1. The van der Waals surface area contributed by atoms with Gasteiger partial charge in [-0.25, -0.2) is 4.79 Å². The number of nitrogens with zero attached hydrogens (tertiary/aromatic N) is 1. The zero-order valence-corrected chi connectivity index (χ0v) is 14.7. The molecule has 2 aromatic carbocycles. The van der Waals surface area contributed by atoms with E-state index in [1.807, 2.05) is 6.92 Å². The third-order valence-electron chi connectivity index (χ3n) is 4.58. The Labute approximate surface area is 154 Å². The summed E-state index contributed by atoms with van der Waals surface area (Å²) in [4.78, 5) is 12.0. The molecule has 4 rings (SSSR count). The minimum atomic E-state index is -1.02. The molecule has 0 saturated carbocycles. The van der Waals surface area contributed by atoms with Crippen LogP contribution in [-0.2, 0) is 13.0 Å². The number of fused-ring (bicyclic) bond motifs is 2. The Bertz CT molecular complexity index is 1040. The monoisotopic (exact) mass is 373 g/mol. The lowest BCUT2D eigenvalue weighted by molar-refractivity contribution is 0.0685. The molecule has 0 aliphatic carbocycles. The van der Waals surface area contributed by atoms with Crippen molar-refractivity contribution in [1.29, 1.82) is 0 Å². The molecule has 2 N–H and O–H groups in total. The summed E-state index contributed by atoms with van der Waals surface area (Å²) in [6.45, 7) is 2.29. The number of ether oxygens (including phenoxy) is 2. The molecule has 0 amide bonds. The molecule has 6 nitrogen and oxygen atoms in total. The summed E-state index contributed by atoms with van der Waals surface area (Å²) in [5.41, 5.74) is 2.33. The number of aromatic nitrogens is 1. The van der Waals surface area contributed by atoms with Crippen LogP contribution in [0.3, 0.4) is 0 Å². The number of aromatic hydroxyl groups is 1. The van der Waals surface area contributed by atoms with Crippen LogP contribution in [0.5, 0.6) is 17.2 Å². The average Bonchev–Trinajstić information content (AvgIpc) is 3.16. The van der Waals surface area contributed by atoms with Crippen molar-refractivity contribution in [2.45, 2.75) is 19.9 Å². The van der Waals surface area contributed by atoms with E-state index in [4.69, 9.17) is 21.1 Å². The molecule has 2 heterocycles. The normalized spacial score (nSPS) is 12.7. The molecule has 0 fully saturated rings. The lowest BCUT2D eigenvalue weighted by atomic mass is 10.1. The van der Waals surface area contributed by atoms with Gasteiger partial charge in [-0.1, -0.05) is 18.5 Å². The Kier molecular flexibility index (Phi) is 3.92. The van der Waals surface area contributed by atoms with E-state index in [-0.39, 0.29) is 24.8 Å². The number of halogens is 1. The highest BCUT2D eigenvalue weighted by Crippen LogP contribution is 2.38. The van der Waals surface area contributed by atoms with Gasteiger partial charge in [0.05, 0.1) is 6.54 Å². The molecule has 26 heavy (non-hydrogen) atoms. The van der Waals surface area contributed by atoms with Crippen LogP contribution in [0.4, 0.5) is 0 Å². The fourth-order valence-electron chi connectivity index (χ4n) is 3.43. The lowest BCUT2D eigenvalue weighted by Gasteiger charge is -2.11. The number of carbonyl (C=O) groups is 1. The predicted octanol–water partition coefficient (Wildman–Crippen LogP) is 4.04. The third-order valence-corrected chi connectivity index (χ3v) is 4.93. The van der Waals surface area contributed by atoms with Crippen molar-refractivity contribution in [2.75, 3.05) is 6.79 Å². The molecule has 0 spiro atoms. The van der Waals surface area contributed by atoms with Crippen molar-refractivity contribution in [3.05, 3.63) is 52.2 Å². The van der Waals surface area contributed by atoms with Gasteiger partial charge in [-0.15, -0.1) is 0 Å². The maximum Gasteiger partial charge on any atom is 0.352 e. The van der Waals surface area contributed by atoms with Gasteiger partial charge in [-0.2, -0.15) is 0 Å². The van der Waals surface area contributed by atoms with Gasteiger partial charge < -0.3 is 24.3 Å². The molecule has 134 valence electrons. The van der Waals surface area contributed by atoms with Crippen molar-refractivity contribution in [3.8, 4) is 17.2 Å². The summed E-state index contributed by atoms with van der Waals surface area (Å²) in [5, 5.41) is 20.8. The molecule has 1 aromatic heterocycles. The Hall–Kier alpha value is -2.86. The molecule has 1 aliphatic rings. The number of benzene rings is 2. The van der Waals surface area contributed by atoms with E-state index in [2.05, 4.69) is 0 Å². The number of aromatic carboxylic acids is 1.